The molecule has 0 saturated carbocycles. The minimum atomic E-state index is 0.539. The van der Waals surface area contributed by atoms with Crippen LogP contribution in [0.25, 0.3) is 0 Å². The molecule has 0 spiro atoms. The van der Waals surface area contributed by atoms with E-state index in [1.54, 1.807) is 6.08 Å². The molecular weight excluding hydrogens is 302 g/mol. The van der Waals surface area contributed by atoms with Crippen molar-refractivity contribution in [3.05, 3.63) is 24.4 Å². The third-order valence-corrected chi connectivity index (χ3v) is 1.95. The van der Waals surface area contributed by atoms with E-state index in [2.05, 4.69) is 10.3 Å². The van der Waals surface area contributed by atoms with Gasteiger partial charge in [0.1, 0.15) is 0 Å². The van der Waals surface area contributed by atoms with E-state index in [4.69, 9.17) is 11.8 Å². The van der Waals surface area contributed by atoms with Crippen molar-refractivity contribution in [3.63, 3.8) is 0 Å². The van der Waals surface area contributed by atoms with E-state index in [9.17, 15) is 0 Å². The summed E-state index contributed by atoms with van der Waals surface area (Å²) in [6.07, 6.45) is 2.88. The first-order chi connectivity index (χ1) is 4.75. The van der Waals surface area contributed by atoms with Crippen molar-refractivity contribution in [2.45, 2.75) is 0 Å². The first kappa shape index (κ1) is 7.50. The molecule has 10 heavy (non-hydrogen) atoms. The summed E-state index contributed by atoms with van der Waals surface area (Å²) in [5, 5.41) is 16.6. The van der Waals surface area contributed by atoms with Gasteiger partial charge in [-0.3, -0.25) is 0 Å². The Morgan fingerprint density at radius 1 is 1.70 bits per heavy atom. The Kier molecular flexibility index (Phi) is 2.24. The van der Waals surface area contributed by atoms with Gasteiger partial charge < -0.3 is 0 Å². The molecule has 5 heteroatoms. The van der Waals surface area contributed by atoms with Gasteiger partial charge in [-0.1, -0.05) is 0 Å². The van der Waals surface area contributed by atoms with Crippen LogP contribution in [-0.2, 0) is 19.4 Å². The van der Waals surface area contributed by atoms with Gasteiger partial charge in [-0.25, -0.2) is 0 Å². The number of hydrogen-bond donors (Lipinski definition) is 1. The van der Waals surface area contributed by atoms with Crippen LogP contribution in [0.5, 0.6) is 0 Å². The van der Waals surface area contributed by atoms with Gasteiger partial charge in [0.25, 0.3) is 0 Å². The van der Waals surface area contributed by atoms with E-state index in [1.165, 1.54) is 6.08 Å². The van der Waals surface area contributed by atoms with Gasteiger partial charge in [-0.2, -0.15) is 0 Å². The van der Waals surface area contributed by atoms with Gasteiger partial charge in [-0.05, 0) is 0 Å². The van der Waals surface area contributed by atoms with Crippen molar-refractivity contribution < 1.29 is 24.6 Å². The summed E-state index contributed by atoms with van der Waals surface area (Å²) >= 11 is 1.14. The van der Waals surface area contributed by atoms with E-state index in [0.717, 1.165) is 23.4 Å². The molecule has 0 saturated heterocycles. The van der Waals surface area contributed by atoms with Crippen LogP contribution in [0, 0.1) is 6.58 Å². The molecule has 0 unspecified atom stereocenters. The molecule has 0 aromatic carbocycles. The van der Waals surface area contributed by atoms with Crippen LogP contribution in [0.4, 0.5) is 0 Å². The zero-order chi connectivity index (χ0) is 7.56. The molecule has 4 nitrogen and oxygen atoms in total. The van der Waals surface area contributed by atoms with E-state index in [1.807, 2.05) is 0 Å². The summed E-state index contributed by atoms with van der Waals surface area (Å²) in [5.74, 6) is 0. The molecule has 0 aromatic heterocycles. The van der Waals surface area contributed by atoms with Crippen molar-refractivity contribution in [3.8, 4) is 0 Å². The molecular formula is C5H4N3OW-. The van der Waals surface area contributed by atoms with Gasteiger partial charge in [0, 0.05) is 0 Å². The zero-order valence-electron chi connectivity index (χ0n) is 4.93. The molecule has 1 rings (SSSR count). The molecule has 0 bridgehead atoms. The first-order valence-electron chi connectivity index (χ1n) is 2.46. The van der Waals surface area contributed by atoms with Gasteiger partial charge in [0.2, 0.25) is 0 Å². The summed E-state index contributed by atoms with van der Waals surface area (Å²) in [4.78, 5) is 0. The van der Waals surface area contributed by atoms with Crippen molar-refractivity contribution >= 4 is 4.02 Å². The van der Waals surface area contributed by atoms with Gasteiger partial charge in [0.15, 0.2) is 0 Å². The fourth-order valence-corrected chi connectivity index (χ4v) is 1.17. The quantitative estimate of drug-likeness (QED) is 0.722. The van der Waals surface area contributed by atoms with Crippen LogP contribution in [0.3, 0.4) is 0 Å². The van der Waals surface area contributed by atoms with Gasteiger partial charge in [-0.15, -0.1) is 0 Å². The van der Waals surface area contributed by atoms with Gasteiger partial charge in [0.05, 0.1) is 0 Å². The Balaban J connectivity index is 2.88. The van der Waals surface area contributed by atoms with E-state index < -0.39 is 0 Å². The second kappa shape index (κ2) is 2.99. The zero-order valence-corrected chi connectivity index (χ0v) is 7.86. The molecule has 0 aliphatic carbocycles. The standard InChI is InChI=1S/C5H4N3O.W/c1-2-3-5-4-6-7-8(5)9;/h1-3,9H;/q-1;/b5-3+;. The summed E-state index contributed by atoms with van der Waals surface area (Å²) in [5.41, 5.74) is 0.539. The molecule has 52 valence electrons. The number of rotatable bonds is 1. The second-order valence-corrected chi connectivity index (χ2v) is 2.92. The fourth-order valence-electron chi connectivity index (χ4n) is 0.497. The predicted molar refractivity (Wildman–Crippen MR) is 30.4 cm³/mol. The summed E-state index contributed by atoms with van der Waals surface area (Å²) in [6, 6.07) is 0. The molecule has 1 N–H and O–H groups in total. The van der Waals surface area contributed by atoms with Crippen molar-refractivity contribution in [1.82, 2.24) is 5.17 Å². The molecule has 0 aromatic rings. The molecule has 1 aliphatic heterocycles. The predicted octanol–water partition coefficient (Wildman–Crippen LogP) is 0.608. The fraction of sp³-hybridized carbons (Fsp3) is 0. The molecule has 0 fully saturated rings. The Bertz CT molecular complexity index is 233. The van der Waals surface area contributed by atoms with Crippen LogP contribution >= 0.6 is 0 Å². The number of nitrogens with zero attached hydrogens (tertiary/aromatic N) is 3. The van der Waals surface area contributed by atoms with Crippen LogP contribution in [-0.4, -0.2) is 14.4 Å². The van der Waals surface area contributed by atoms with E-state index in [0.29, 0.717) is 10.9 Å². The van der Waals surface area contributed by atoms with Crippen LogP contribution < -0.4 is 0 Å². The molecule has 0 amide bonds. The Labute approximate surface area is 68.9 Å². The molecule has 1 heterocycles. The van der Waals surface area contributed by atoms with Gasteiger partial charge >= 0.3 is 68.5 Å². The van der Waals surface area contributed by atoms with E-state index in [-0.39, 0.29) is 0 Å². The Morgan fingerprint density at radius 2 is 2.40 bits per heavy atom. The average Bonchev–Trinajstić information content (AvgIpc) is 2.20. The van der Waals surface area contributed by atoms with Crippen molar-refractivity contribution in [2.75, 3.05) is 0 Å². The molecule has 0 atom stereocenters. The van der Waals surface area contributed by atoms with E-state index >= 15 is 0 Å². The summed E-state index contributed by atoms with van der Waals surface area (Å²) < 4.78 is 0.726. The van der Waals surface area contributed by atoms with Crippen molar-refractivity contribution in [1.29, 1.82) is 0 Å². The SMILES string of the molecule is [CH-]=C/C=C1\[C](=[W])N=NN1O. The van der Waals surface area contributed by atoms with Crippen LogP contribution in [0.1, 0.15) is 0 Å². The third-order valence-electron chi connectivity index (χ3n) is 0.909. The minimum absolute atomic E-state index is 0.539. The molecule has 0 radical (unpaired) electrons. The number of allylic oxidation sites excluding steroid dienone is 2. The van der Waals surface area contributed by atoms with Crippen LogP contribution in [0.15, 0.2) is 28.2 Å². The monoisotopic (exact) mass is 306 g/mol. The maximum atomic E-state index is 8.91. The average molecular weight is 306 g/mol. The third kappa shape index (κ3) is 1.28. The normalized spacial score (nSPS) is 20.7. The topological polar surface area (TPSA) is 48.2 Å². The maximum absolute atomic E-state index is 8.91. The Hall–Kier alpha value is -0.602. The van der Waals surface area contributed by atoms with Crippen molar-refractivity contribution in [2.24, 2.45) is 10.3 Å². The number of hydroxylamine groups is 1. The summed E-state index contributed by atoms with van der Waals surface area (Å²) in [7, 11) is 0. The van der Waals surface area contributed by atoms with Crippen LogP contribution in [0.2, 0.25) is 0 Å². The summed E-state index contributed by atoms with van der Waals surface area (Å²) in [6.45, 7) is 5.11. The Morgan fingerprint density at radius 3 is 2.80 bits per heavy atom. The second-order valence-electron chi connectivity index (χ2n) is 1.53. The number of hydrogen-bond acceptors (Lipinski definition) is 4. The molecule has 1 aliphatic rings. The first-order valence-corrected chi connectivity index (χ1v) is 3.92.